The van der Waals surface area contributed by atoms with E-state index in [0.717, 1.165) is 11.1 Å². The highest BCUT2D eigenvalue weighted by Gasteiger charge is 2.15. The molecule has 0 heterocycles. The monoisotopic (exact) mass is 327 g/mol. The van der Waals surface area contributed by atoms with E-state index in [1.165, 1.54) is 30.3 Å². The van der Waals surface area contributed by atoms with E-state index in [0.29, 0.717) is 0 Å². The van der Waals surface area contributed by atoms with E-state index in [1.54, 1.807) is 12.1 Å². The maximum Gasteiger partial charge on any atom is 0.387 e. The van der Waals surface area contributed by atoms with Gasteiger partial charge in [0.05, 0.1) is 4.90 Å². The Bertz CT molecular complexity index is 759. The number of hydrogen-bond acceptors (Lipinski definition) is 3. The second kappa shape index (κ2) is 6.31. The Labute approximate surface area is 127 Å². The predicted molar refractivity (Wildman–Crippen MR) is 79.8 cm³/mol. The van der Waals surface area contributed by atoms with Gasteiger partial charge in [-0.15, -0.1) is 0 Å². The van der Waals surface area contributed by atoms with Crippen molar-refractivity contribution >= 4 is 15.7 Å². The van der Waals surface area contributed by atoms with Crippen LogP contribution in [-0.4, -0.2) is 15.0 Å². The molecule has 4 nitrogen and oxygen atoms in total. The molecule has 0 atom stereocenters. The summed E-state index contributed by atoms with van der Waals surface area (Å²) < 4.78 is 55.2. The maximum atomic E-state index is 12.3. The Balaban J connectivity index is 2.19. The second-order valence-corrected chi connectivity index (χ2v) is 6.44. The van der Waals surface area contributed by atoms with Crippen LogP contribution < -0.4 is 9.46 Å². The molecule has 2 rings (SSSR count). The number of anilines is 1. The number of rotatable bonds is 5. The van der Waals surface area contributed by atoms with Crippen LogP contribution in [0.5, 0.6) is 5.75 Å². The molecule has 0 bridgehead atoms. The lowest BCUT2D eigenvalue weighted by molar-refractivity contribution is -0.0498. The second-order valence-electron chi connectivity index (χ2n) is 4.75. The van der Waals surface area contributed by atoms with Crippen LogP contribution in [0.4, 0.5) is 14.5 Å². The molecule has 0 unspecified atom stereocenters. The zero-order chi connectivity index (χ0) is 16.3. The van der Waals surface area contributed by atoms with E-state index in [9.17, 15) is 17.2 Å². The summed E-state index contributed by atoms with van der Waals surface area (Å²) in [5.74, 6) is -0.0378. The highest BCUT2D eigenvalue weighted by atomic mass is 32.2. The first-order chi connectivity index (χ1) is 10.3. The third-order valence-corrected chi connectivity index (χ3v) is 4.50. The van der Waals surface area contributed by atoms with E-state index in [2.05, 4.69) is 9.46 Å². The van der Waals surface area contributed by atoms with Crippen molar-refractivity contribution < 1.29 is 21.9 Å². The predicted octanol–water partition coefficient (Wildman–Crippen LogP) is 3.71. The average Bonchev–Trinajstić information content (AvgIpc) is 2.43. The van der Waals surface area contributed by atoms with Crippen molar-refractivity contribution in [2.75, 3.05) is 4.72 Å². The van der Waals surface area contributed by atoms with Crippen LogP contribution in [-0.2, 0) is 10.0 Å². The number of benzene rings is 2. The molecule has 0 saturated heterocycles. The quantitative estimate of drug-likeness (QED) is 0.911. The first kappa shape index (κ1) is 16.2. The molecule has 0 spiro atoms. The number of alkyl halides is 2. The van der Waals surface area contributed by atoms with Crippen molar-refractivity contribution in [1.82, 2.24) is 0 Å². The van der Waals surface area contributed by atoms with Gasteiger partial charge in [-0.2, -0.15) is 8.78 Å². The summed E-state index contributed by atoms with van der Waals surface area (Å²) in [7, 11) is -3.73. The summed E-state index contributed by atoms with van der Waals surface area (Å²) in [6.07, 6.45) is 0. The van der Waals surface area contributed by atoms with Gasteiger partial charge in [0.2, 0.25) is 0 Å². The van der Waals surface area contributed by atoms with Gasteiger partial charge in [0, 0.05) is 5.69 Å². The molecule has 0 aromatic heterocycles. The summed E-state index contributed by atoms with van der Waals surface area (Å²) >= 11 is 0. The van der Waals surface area contributed by atoms with Gasteiger partial charge in [0.25, 0.3) is 10.0 Å². The summed E-state index contributed by atoms with van der Waals surface area (Å²) in [4.78, 5) is 0.142. The third-order valence-electron chi connectivity index (χ3n) is 3.12. The van der Waals surface area contributed by atoms with Gasteiger partial charge in [-0.25, -0.2) is 8.42 Å². The topological polar surface area (TPSA) is 55.4 Å². The summed E-state index contributed by atoms with van der Waals surface area (Å²) in [5.41, 5.74) is 2.12. The molecule has 1 N–H and O–H groups in total. The fourth-order valence-electron chi connectivity index (χ4n) is 1.80. The minimum absolute atomic E-state index is 0.0378. The van der Waals surface area contributed by atoms with Crippen LogP contribution in [0.1, 0.15) is 11.1 Å². The number of nitrogens with one attached hydrogen (secondary N) is 1. The van der Waals surface area contributed by atoms with Crippen molar-refractivity contribution in [1.29, 1.82) is 0 Å². The summed E-state index contributed by atoms with van der Waals surface area (Å²) in [6, 6.07) is 10.1. The van der Waals surface area contributed by atoms with Gasteiger partial charge in [0.1, 0.15) is 5.75 Å². The molecule has 0 aliphatic rings. The molecule has 0 aliphatic carbocycles. The smallest absolute Gasteiger partial charge is 0.387 e. The number of hydrogen-bond donors (Lipinski definition) is 1. The largest absolute Gasteiger partial charge is 0.435 e. The first-order valence-corrected chi connectivity index (χ1v) is 7.91. The van der Waals surface area contributed by atoms with Gasteiger partial charge in [-0.05, 0) is 61.4 Å². The highest BCUT2D eigenvalue weighted by molar-refractivity contribution is 7.92. The van der Waals surface area contributed by atoms with Crippen LogP contribution in [0.25, 0.3) is 0 Å². The normalized spacial score (nSPS) is 11.5. The Morgan fingerprint density at radius 3 is 2.18 bits per heavy atom. The van der Waals surface area contributed by atoms with Crippen LogP contribution in [0, 0.1) is 13.8 Å². The molecule has 0 saturated carbocycles. The molecule has 0 radical (unpaired) electrons. The van der Waals surface area contributed by atoms with Crippen LogP contribution in [0.15, 0.2) is 47.4 Å². The van der Waals surface area contributed by atoms with E-state index in [-0.39, 0.29) is 16.3 Å². The van der Waals surface area contributed by atoms with Gasteiger partial charge in [-0.1, -0.05) is 6.07 Å². The SMILES string of the molecule is Cc1ccc(S(=O)(=O)Nc2ccc(OC(F)F)cc2)cc1C. The maximum absolute atomic E-state index is 12.3. The fraction of sp³-hybridized carbons (Fsp3) is 0.200. The Morgan fingerprint density at radius 2 is 1.64 bits per heavy atom. The number of ether oxygens (including phenoxy) is 1. The molecular weight excluding hydrogens is 312 g/mol. The Morgan fingerprint density at radius 1 is 1.00 bits per heavy atom. The van der Waals surface area contributed by atoms with Gasteiger partial charge >= 0.3 is 6.61 Å². The highest BCUT2D eigenvalue weighted by Crippen LogP contribution is 2.21. The van der Waals surface area contributed by atoms with Gasteiger partial charge in [0.15, 0.2) is 0 Å². The minimum atomic E-state index is -3.73. The van der Waals surface area contributed by atoms with Crippen LogP contribution in [0.3, 0.4) is 0 Å². The lowest BCUT2D eigenvalue weighted by atomic mass is 10.1. The molecule has 0 aliphatic heterocycles. The van der Waals surface area contributed by atoms with Gasteiger partial charge in [-0.3, -0.25) is 4.72 Å². The molecule has 118 valence electrons. The van der Waals surface area contributed by atoms with Crippen molar-refractivity contribution in [3.8, 4) is 5.75 Å². The van der Waals surface area contributed by atoms with E-state index >= 15 is 0 Å². The zero-order valence-electron chi connectivity index (χ0n) is 12.0. The van der Waals surface area contributed by atoms with Crippen molar-refractivity contribution in [3.05, 3.63) is 53.6 Å². The lowest BCUT2D eigenvalue weighted by Gasteiger charge is -2.10. The number of aryl methyl sites for hydroxylation is 2. The van der Waals surface area contributed by atoms with E-state index in [1.807, 2.05) is 13.8 Å². The third kappa shape index (κ3) is 3.94. The average molecular weight is 327 g/mol. The first-order valence-electron chi connectivity index (χ1n) is 6.43. The van der Waals surface area contributed by atoms with Crippen LogP contribution in [0.2, 0.25) is 0 Å². The number of sulfonamides is 1. The Hall–Kier alpha value is -2.15. The molecule has 22 heavy (non-hydrogen) atoms. The Kier molecular flexibility index (Phi) is 4.65. The standard InChI is InChI=1S/C15H15F2NO3S/c1-10-3-8-14(9-11(10)2)22(19,20)18-12-4-6-13(7-5-12)21-15(16)17/h3-9,15,18H,1-2H3. The molecule has 0 amide bonds. The minimum Gasteiger partial charge on any atom is -0.435 e. The molecular formula is C15H15F2NO3S. The van der Waals surface area contributed by atoms with Crippen molar-refractivity contribution in [2.45, 2.75) is 25.4 Å². The zero-order valence-corrected chi connectivity index (χ0v) is 12.8. The molecule has 2 aromatic rings. The van der Waals surface area contributed by atoms with E-state index < -0.39 is 16.6 Å². The molecule has 7 heteroatoms. The van der Waals surface area contributed by atoms with E-state index in [4.69, 9.17) is 0 Å². The van der Waals surface area contributed by atoms with Crippen molar-refractivity contribution in [2.24, 2.45) is 0 Å². The van der Waals surface area contributed by atoms with Crippen molar-refractivity contribution in [3.63, 3.8) is 0 Å². The summed E-state index contributed by atoms with van der Waals surface area (Å²) in [6.45, 7) is 0.796. The lowest BCUT2D eigenvalue weighted by Crippen LogP contribution is -2.13. The molecule has 2 aromatic carbocycles. The fourth-order valence-corrected chi connectivity index (χ4v) is 2.94. The number of halogens is 2. The van der Waals surface area contributed by atoms with Crippen LogP contribution >= 0.6 is 0 Å². The van der Waals surface area contributed by atoms with Gasteiger partial charge < -0.3 is 4.74 Å². The summed E-state index contributed by atoms with van der Waals surface area (Å²) in [5, 5.41) is 0. The molecule has 0 fully saturated rings.